The van der Waals surface area contributed by atoms with Gasteiger partial charge in [0.1, 0.15) is 29.8 Å². The molecule has 0 N–H and O–H groups in total. The van der Waals surface area contributed by atoms with Crippen LogP contribution in [-0.2, 0) is 19.1 Å². The minimum atomic E-state index is -0.766. The summed E-state index contributed by atoms with van der Waals surface area (Å²) in [5.74, 6) is -0.0184. The summed E-state index contributed by atoms with van der Waals surface area (Å²) in [6.07, 6.45) is -1.08. The van der Waals surface area contributed by atoms with E-state index in [0.717, 1.165) is 0 Å². The largest absolute Gasteiger partial charge is 0.478 e. The van der Waals surface area contributed by atoms with Gasteiger partial charge in [0.25, 0.3) is 0 Å². The third kappa shape index (κ3) is 5.84. The number of oxime groups is 1. The molecule has 2 rings (SSSR count). The van der Waals surface area contributed by atoms with Gasteiger partial charge in [0.15, 0.2) is 6.10 Å². The van der Waals surface area contributed by atoms with Crippen LogP contribution in [0.25, 0.3) is 0 Å². The summed E-state index contributed by atoms with van der Waals surface area (Å²) in [6, 6.07) is 5.17. The van der Waals surface area contributed by atoms with Crippen molar-refractivity contribution in [2.75, 3.05) is 13.2 Å². The van der Waals surface area contributed by atoms with E-state index in [1.54, 1.807) is 18.2 Å². The first kappa shape index (κ1) is 21.5. The molecule has 1 aromatic rings. The Kier molecular flexibility index (Phi) is 7.12. The van der Waals surface area contributed by atoms with Gasteiger partial charge in [0.2, 0.25) is 0 Å². The molecule has 7 heteroatoms. The Hall–Kier alpha value is -1.79. The van der Waals surface area contributed by atoms with Crippen LogP contribution in [0.3, 0.4) is 0 Å². The molecule has 0 saturated carbocycles. The molecular formula is C20H28ClNO5. The van der Waals surface area contributed by atoms with Gasteiger partial charge in [-0.1, -0.05) is 30.6 Å². The van der Waals surface area contributed by atoms with Crippen molar-refractivity contribution in [1.82, 2.24) is 0 Å². The monoisotopic (exact) mass is 397 g/mol. The van der Waals surface area contributed by atoms with E-state index in [-0.39, 0.29) is 12.0 Å². The molecule has 1 aliphatic rings. The topological polar surface area (TPSA) is 66.3 Å². The molecular weight excluding hydrogens is 370 g/mol. The van der Waals surface area contributed by atoms with Gasteiger partial charge >= 0.3 is 5.97 Å². The van der Waals surface area contributed by atoms with Crippen LogP contribution in [0.4, 0.5) is 0 Å². The number of halogens is 1. The molecule has 1 aromatic carbocycles. The average Bonchev–Trinajstić information content (AvgIpc) is 3.00. The zero-order chi connectivity index (χ0) is 20.2. The lowest BCUT2D eigenvalue weighted by Crippen LogP contribution is -2.39. The summed E-state index contributed by atoms with van der Waals surface area (Å²) in [5.41, 5.74) is 0.647. The van der Waals surface area contributed by atoms with Crippen LogP contribution >= 0.6 is 11.6 Å². The molecule has 27 heavy (non-hydrogen) atoms. The fraction of sp³-hybridized carbons (Fsp3) is 0.600. The van der Waals surface area contributed by atoms with E-state index in [4.69, 9.17) is 30.6 Å². The summed E-state index contributed by atoms with van der Waals surface area (Å²) < 4.78 is 17.3. The number of esters is 1. The van der Waals surface area contributed by atoms with Crippen LogP contribution in [0.2, 0.25) is 5.02 Å². The van der Waals surface area contributed by atoms with Gasteiger partial charge in [-0.2, -0.15) is 0 Å². The molecule has 1 aliphatic heterocycles. The Labute approximate surface area is 165 Å². The van der Waals surface area contributed by atoms with Crippen molar-refractivity contribution in [1.29, 1.82) is 0 Å². The number of carbonyl (C=O) groups is 1. The number of hydrogen-bond donors (Lipinski definition) is 0. The van der Waals surface area contributed by atoms with Crippen molar-refractivity contribution in [2.24, 2.45) is 11.1 Å². The van der Waals surface area contributed by atoms with Gasteiger partial charge in [-0.15, -0.1) is 0 Å². The Balaban J connectivity index is 2.33. The standard InChI is InChI=1S/C20H28ClNO5/c1-7-24-16-11-25-22-17(16)14-10-13(21)8-9-15(14)26-18(12(2)3)19(23)27-20(4,5)6/h8-10,12,16,18H,7,11H2,1-6H3/t16?,18-/m0/s1. The molecule has 6 nitrogen and oxygen atoms in total. The minimum absolute atomic E-state index is 0.0900. The summed E-state index contributed by atoms with van der Waals surface area (Å²) in [5, 5.41) is 4.63. The molecule has 1 heterocycles. The molecule has 0 amide bonds. The van der Waals surface area contributed by atoms with Crippen LogP contribution in [0, 0.1) is 5.92 Å². The number of hydrogen-bond acceptors (Lipinski definition) is 6. The second-order valence-corrected chi connectivity index (χ2v) is 8.11. The number of ether oxygens (including phenoxy) is 3. The van der Waals surface area contributed by atoms with Gasteiger partial charge in [0, 0.05) is 23.1 Å². The Morgan fingerprint density at radius 2 is 2.07 bits per heavy atom. The molecule has 0 aliphatic carbocycles. The first-order chi connectivity index (χ1) is 12.6. The summed E-state index contributed by atoms with van der Waals surface area (Å²) in [6.45, 7) is 12.0. The lowest BCUT2D eigenvalue weighted by atomic mass is 10.0. The second-order valence-electron chi connectivity index (χ2n) is 7.67. The van der Waals surface area contributed by atoms with E-state index in [2.05, 4.69) is 5.16 Å². The van der Waals surface area contributed by atoms with Crippen LogP contribution in [0.1, 0.15) is 47.1 Å². The van der Waals surface area contributed by atoms with Crippen molar-refractivity contribution < 1.29 is 23.8 Å². The van der Waals surface area contributed by atoms with Crippen LogP contribution in [0.5, 0.6) is 5.75 Å². The molecule has 0 fully saturated rings. The molecule has 0 radical (unpaired) electrons. The molecule has 0 spiro atoms. The third-order valence-corrected chi connectivity index (χ3v) is 4.01. The summed E-state index contributed by atoms with van der Waals surface area (Å²) in [4.78, 5) is 17.8. The highest BCUT2D eigenvalue weighted by atomic mass is 35.5. The van der Waals surface area contributed by atoms with E-state index in [9.17, 15) is 4.79 Å². The predicted octanol–water partition coefficient (Wildman–Crippen LogP) is 4.22. The highest BCUT2D eigenvalue weighted by molar-refractivity contribution is 6.31. The summed E-state index contributed by atoms with van der Waals surface area (Å²) >= 11 is 6.18. The Morgan fingerprint density at radius 3 is 2.67 bits per heavy atom. The van der Waals surface area contributed by atoms with Gasteiger partial charge in [-0.25, -0.2) is 4.79 Å². The third-order valence-electron chi connectivity index (χ3n) is 3.78. The lowest BCUT2D eigenvalue weighted by molar-refractivity contribution is -0.165. The average molecular weight is 398 g/mol. The van der Waals surface area contributed by atoms with Crippen LogP contribution < -0.4 is 4.74 Å². The smallest absolute Gasteiger partial charge is 0.348 e. The number of carbonyl (C=O) groups excluding carboxylic acids is 1. The van der Waals surface area contributed by atoms with Gasteiger partial charge in [-0.05, 0) is 45.9 Å². The van der Waals surface area contributed by atoms with E-state index in [1.165, 1.54) is 0 Å². The first-order valence-electron chi connectivity index (χ1n) is 9.13. The fourth-order valence-corrected chi connectivity index (χ4v) is 2.79. The second kappa shape index (κ2) is 8.93. The van der Waals surface area contributed by atoms with Crippen LogP contribution in [-0.4, -0.2) is 42.7 Å². The zero-order valence-corrected chi connectivity index (χ0v) is 17.5. The van der Waals surface area contributed by atoms with Crippen LogP contribution in [0.15, 0.2) is 23.4 Å². The highest BCUT2D eigenvalue weighted by Gasteiger charge is 2.33. The van der Waals surface area contributed by atoms with E-state index in [1.807, 2.05) is 41.5 Å². The van der Waals surface area contributed by atoms with Gasteiger partial charge in [-0.3, -0.25) is 0 Å². The first-order valence-corrected chi connectivity index (χ1v) is 9.51. The van der Waals surface area contributed by atoms with Crippen molar-refractivity contribution in [2.45, 2.75) is 59.4 Å². The normalized spacial score (nSPS) is 18.1. The zero-order valence-electron chi connectivity index (χ0n) is 16.7. The van der Waals surface area contributed by atoms with Crippen molar-refractivity contribution >= 4 is 23.3 Å². The minimum Gasteiger partial charge on any atom is -0.478 e. The predicted molar refractivity (Wildman–Crippen MR) is 104 cm³/mol. The van der Waals surface area contributed by atoms with Crippen molar-refractivity contribution in [3.05, 3.63) is 28.8 Å². The molecule has 150 valence electrons. The maximum atomic E-state index is 12.6. The summed E-state index contributed by atoms with van der Waals surface area (Å²) in [7, 11) is 0. The lowest BCUT2D eigenvalue weighted by Gasteiger charge is -2.27. The van der Waals surface area contributed by atoms with E-state index < -0.39 is 17.7 Å². The van der Waals surface area contributed by atoms with Crippen molar-refractivity contribution in [3.63, 3.8) is 0 Å². The van der Waals surface area contributed by atoms with Gasteiger partial charge in [0.05, 0.1) is 0 Å². The fourth-order valence-electron chi connectivity index (χ4n) is 2.62. The number of rotatable bonds is 7. The van der Waals surface area contributed by atoms with Gasteiger partial charge < -0.3 is 19.0 Å². The quantitative estimate of drug-likeness (QED) is 0.644. The van der Waals surface area contributed by atoms with Crippen molar-refractivity contribution in [3.8, 4) is 5.75 Å². The number of benzene rings is 1. The van der Waals surface area contributed by atoms with E-state index in [0.29, 0.717) is 35.3 Å². The number of nitrogens with zero attached hydrogens (tertiary/aromatic N) is 1. The molecule has 0 bridgehead atoms. The maximum Gasteiger partial charge on any atom is 0.348 e. The molecule has 0 saturated heterocycles. The maximum absolute atomic E-state index is 12.6. The van der Waals surface area contributed by atoms with E-state index >= 15 is 0 Å². The molecule has 0 aromatic heterocycles. The molecule has 2 atom stereocenters. The Bertz CT molecular complexity index is 696. The SMILES string of the molecule is CCOC1CON=C1c1cc(Cl)ccc1O[C@H](C(=O)OC(C)(C)C)C(C)C. The molecule has 1 unspecified atom stereocenters. The highest BCUT2D eigenvalue weighted by Crippen LogP contribution is 2.29. The Morgan fingerprint density at radius 1 is 1.37 bits per heavy atom.